The summed E-state index contributed by atoms with van der Waals surface area (Å²) < 4.78 is 5.79. The van der Waals surface area contributed by atoms with Gasteiger partial charge in [-0.05, 0) is 55.0 Å². The van der Waals surface area contributed by atoms with Crippen LogP contribution < -0.4 is 0 Å². The first-order chi connectivity index (χ1) is 13.9. The highest BCUT2D eigenvalue weighted by Gasteiger charge is 2.14. The second-order valence-electron chi connectivity index (χ2n) is 6.48. The zero-order chi connectivity index (χ0) is 20.5. The van der Waals surface area contributed by atoms with Gasteiger partial charge in [0.2, 0.25) is 0 Å². The molecule has 2 aromatic heterocycles. The van der Waals surface area contributed by atoms with E-state index in [1.165, 1.54) is 18.2 Å². The van der Waals surface area contributed by atoms with Crippen molar-refractivity contribution in [3.05, 3.63) is 76.3 Å². The maximum absolute atomic E-state index is 11.2. The standard InChI is InChI=1S/C22H14ClN3O3/c1-12-2-6-18-19(8-12)26-21(25-18)14(11-24)9-15-4-7-20(29-15)16-10-13(22(27)28)3-5-17(16)23/h2-10H,1H3,(H,25,26)(H,27,28)/b14-9-. The van der Waals surface area contributed by atoms with Crippen LogP contribution in [0.1, 0.15) is 27.5 Å². The number of nitrogens with one attached hydrogen (secondary N) is 1. The number of carboxylic acid groups (broad SMARTS) is 1. The molecule has 0 unspecified atom stereocenters. The van der Waals surface area contributed by atoms with Crippen molar-refractivity contribution in [3.8, 4) is 17.4 Å². The summed E-state index contributed by atoms with van der Waals surface area (Å²) in [6.45, 7) is 1.98. The number of H-pyrrole nitrogens is 1. The summed E-state index contributed by atoms with van der Waals surface area (Å²) >= 11 is 6.20. The lowest BCUT2D eigenvalue weighted by Gasteiger charge is -2.02. The molecule has 0 saturated carbocycles. The average molecular weight is 404 g/mol. The highest BCUT2D eigenvalue weighted by Crippen LogP contribution is 2.31. The minimum absolute atomic E-state index is 0.105. The fraction of sp³-hybridized carbons (Fsp3) is 0.0455. The fourth-order valence-corrected chi connectivity index (χ4v) is 3.18. The number of fused-ring (bicyclic) bond motifs is 1. The average Bonchev–Trinajstić information content (AvgIpc) is 3.32. The van der Waals surface area contributed by atoms with Crippen LogP contribution in [0, 0.1) is 18.3 Å². The molecule has 6 nitrogen and oxygen atoms in total. The van der Waals surface area contributed by atoms with Gasteiger partial charge in [-0.2, -0.15) is 5.26 Å². The lowest BCUT2D eigenvalue weighted by molar-refractivity contribution is 0.0697. The van der Waals surface area contributed by atoms with Crippen molar-refractivity contribution in [3.63, 3.8) is 0 Å². The normalized spacial score (nSPS) is 11.6. The summed E-state index contributed by atoms with van der Waals surface area (Å²) in [4.78, 5) is 18.8. The first kappa shape index (κ1) is 18.5. The molecule has 0 amide bonds. The molecule has 7 heteroatoms. The molecule has 4 aromatic rings. The number of benzene rings is 2. The SMILES string of the molecule is Cc1ccc2nc(/C(C#N)=C\c3ccc(-c4cc(C(=O)O)ccc4Cl)o3)[nH]c2c1. The molecule has 2 N–H and O–H groups in total. The zero-order valence-electron chi connectivity index (χ0n) is 15.2. The lowest BCUT2D eigenvalue weighted by atomic mass is 10.1. The van der Waals surface area contributed by atoms with E-state index < -0.39 is 5.97 Å². The minimum Gasteiger partial charge on any atom is -0.478 e. The molecule has 0 atom stereocenters. The Balaban J connectivity index is 1.71. The number of aromatic nitrogens is 2. The van der Waals surface area contributed by atoms with Crippen LogP contribution in [-0.2, 0) is 0 Å². The Morgan fingerprint density at radius 1 is 1.24 bits per heavy atom. The monoisotopic (exact) mass is 403 g/mol. The summed E-state index contributed by atoms with van der Waals surface area (Å²) in [6.07, 6.45) is 1.57. The number of allylic oxidation sites excluding steroid dienone is 1. The maximum atomic E-state index is 11.2. The van der Waals surface area contributed by atoms with E-state index in [1.807, 2.05) is 25.1 Å². The molecular weight excluding hydrogens is 390 g/mol. The van der Waals surface area contributed by atoms with E-state index in [9.17, 15) is 15.2 Å². The van der Waals surface area contributed by atoms with Gasteiger partial charge in [-0.1, -0.05) is 17.7 Å². The molecule has 0 aliphatic rings. The third-order valence-corrected chi connectivity index (χ3v) is 4.73. The second kappa shape index (κ2) is 7.30. The molecule has 0 radical (unpaired) electrons. The van der Waals surface area contributed by atoms with Crippen LogP contribution >= 0.6 is 11.6 Å². The van der Waals surface area contributed by atoms with Crippen LogP contribution in [0.2, 0.25) is 5.02 Å². The Kier molecular flexibility index (Phi) is 4.67. The number of carbonyl (C=O) groups is 1. The largest absolute Gasteiger partial charge is 0.478 e. The molecule has 0 bridgehead atoms. The minimum atomic E-state index is -1.05. The fourth-order valence-electron chi connectivity index (χ4n) is 2.97. The number of aromatic amines is 1. The van der Waals surface area contributed by atoms with E-state index in [0.29, 0.717) is 33.5 Å². The maximum Gasteiger partial charge on any atom is 0.335 e. The Bertz CT molecular complexity index is 1320. The van der Waals surface area contributed by atoms with Gasteiger partial charge in [-0.3, -0.25) is 0 Å². The molecule has 29 heavy (non-hydrogen) atoms. The second-order valence-corrected chi connectivity index (χ2v) is 6.88. The van der Waals surface area contributed by atoms with Crippen LogP contribution in [-0.4, -0.2) is 21.0 Å². The predicted octanol–water partition coefficient (Wildman–Crippen LogP) is 5.55. The van der Waals surface area contributed by atoms with Gasteiger partial charge in [-0.25, -0.2) is 9.78 Å². The number of hydrogen-bond donors (Lipinski definition) is 2. The van der Waals surface area contributed by atoms with Crippen molar-refractivity contribution in [2.75, 3.05) is 0 Å². The van der Waals surface area contributed by atoms with Gasteiger partial charge in [0, 0.05) is 11.6 Å². The molecule has 0 aliphatic heterocycles. The van der Waals surface area contributed by atoms with Crippen molar-refractivity contribution in [1.82, 2.24) is 9.97 Å². The Morgan fingerprint density at radius 2 is 2.07 bits per heavy atom. The van der Waals surface area contributed by atoms with Crippen LogP contribution in [0.15, 0.2) is 52.9 Å². The number of imidazole rings is 1. The van der Waals surface area contributed by atoms with Crippen LogP contribution in [0.3, 0.4) is 0 Å². The summed E-state index contributed by atoms with van der Waals surface area (Å²) in [5.41, 5.74) is 3.58. The smallest absolute Gasteiger partial charge is 0.335 e. The third kappa shape index (κ3) is 3.64. The number of aryl methyl sites for hydroxylation is 1. The van der Waals surface area contributed by atoms with Gasteiger partial charge in [0.05, 0.1) is 27.2 Å². The topological polar surface area (TPSA) is 103 Å². The third-order valence-electron chi connectivity index (χ3n) is 4.41. The van der Waals surface area contributed by atoms with Crippen LogP contribution in [0.5, 0.6) is 0 Å². The quantitative estimate of drug-likeness (QED) is 0.435. The molecule has 0 fully saturated rings. The summed E-state index contributed by atoms with van der Waals surface area (Å²) in [7, 11) is 0. The lowest BCUT2D eigenvalue weighted by Crippen LogP contribution is -1.96. The van der Waals surface area contributed by atoms with Crippen LogP contribution in [0.4, 0.5) is 0 Å². The molecule has 4 rings (SSSR count). The highest BCUT2D eigenvalue weighted by molar-refractivity contribution is 6.33. The van der Waals surface area contributed by atoms with Crippen molar-refractivity contribution < 1.29 is 14.3 Å². The van der Waals surface area contributed by atoms with E-state index in [-0.39, 0.29) is 5.56 Å². The van der Waals surface area contributed by atoms with Crippen molar-refractivity contribution in [2.24, 2.45) is 0 Å². The first-order valence-electron chi connectivity index (χ1n) is 8.66. The number of carboxylic acids is 1. The summed E-state index contributed by atoms with van der Waals surface area (Å²) in [5, 5.41) is 19.1. The van der Waals surface area contributed by atoms with Gasteiger partial charge in [0.15, 0.2) is 0 Å². The Labute approximate surface area is 170 Å². The van der Waals surface area contributed by atoms with E-state index in [1.54, 1.807) is 18.2 Å². The number of nitrogens with zero attached hydrogens (tertiary/aromatic N) is 2. The van der Waals surface area contributed by atoms with Gasteiger partial charge >= 0.3 is 5.97 Å². The van der Waals surface area contributed by atoms with Gasteiger partial charge < -0.3 is 14.5 Å². The van der Waals surface area contributed by atoms with E-state index in [0.717, 1.165) is 16.6 Å². The predicted molar refractivity (Wildman–Crippen MR) is 110 cm³/mol. The van der Waals surface area contributed by atoms with E-state index in [2.05, 4.69) is 16.0 Å². The molecule has 2 heterocycles. The molecule has 0 spiro atoms. The number of nitriles is 1. The number of halogens is 1. The van der Waals surface area contributed by atoms with E-state index >= 15 is 0 Å². The van der Waals surface area contributed by atoms with Crippen molar-refractivity contribution in [2.45, 2.75) is 6.92 Å². The van der Waals surface area contributed by atoms with Crippen molar-refractivity contribution >= 4 is 40.3 Å². The molecule has 0 aliphatic carbocycles. The number of hydrogen-bond acceptors (Lipinski definition) is 4. The number of rotatable bonds is 4. The highest BCUT2D eigenvalue weighted by atomic mass is 35.5. The summed E-state index contributed by atoms with van der Waals surface area (Å²) in [5.74, 6) is 0.213. The first-order valence-corrected chi connectivity index (χ1v) is 9.04. The Morgan fingerprint density at radius 3 is 2.83 bits per heavy atom. The molecular formula is C22H14ClN3O3. The van der Waals surface area contributed by atoms with Crippen LogP contribution in [0.25, 0.3) is 34.0 Å². The number of furan rings is 1. The van der Waals surface area contributed by atoms with Crippen molar-refractivity contribution in [1.29, 1.82) is 5.26 Å². The van der Waals surface area contributed by atoms with Gasteiger partial charge in [0.25, 0.3) is 0 Å². The zero-order valence-corrected chi connectivity index (χ0v) is 16.0. The Hall–Kier alpha value is -3.82. The molecule has 2 aromatic carbocycles. The van der Waals surface area contributed by atoms with E-state index in [4.69, 9.17) is 16.0 Å². The molecule has 142 valence electrons. The number of aromatic carboxylic acids is 1. The van der Waals surface area contributed by atoms with Gasteiger partial charge in [-0.15, -0.1) is 0 Å². The van der Waals surface area contributed by atoms with Gasteiger partial charge in [0.1, 0.15) is 23.4 Å². The molecule has 0 saturated heterocycles. The summed E-state index contributed by atoms with van der Waals surface area (Å²) in [6, 6.07) is 15.7.